The maximum absolute atomic E-state index is 13.0. The SMILES string of the molecule is CCCCCC1(C(=O)OCC(C)C)CCCC1OC(=O)c1cccc(C)c1. The van der Waals surface area contributed by atoms with E-state index in [0.29, 0.717) is 12.2 Å². The molecule has 1 aliphatic carbocycles. The Kier molecular flexibility index (Phi) is 7.88. The van der Waals surface area contributed by atoms with Gasteiger partial charge in [-0.05, 0) is 50.7 Å². The van der Waals surface area contributed by atoms with Crippen molar-refractivity contribution in [1.82, 2.24) is 0 Å². The Hall–Kier alpha value is -1.84. The van der Waals surface area contributed by atoms with Crippen LogP contribution in [0.3, 0.4) is 0 Å². The molecule has 0 spiro atoms. The maximum atomic E-state index is 13.0. The molecular formula is C23H34O4. The van der Waals surface area contributed by atoms with Gasteiger partial charge in [0.05, 0.1) is 12.2 Å². The number of benzene rings is 1. The van der Waals surface area contributed by atoms with E-state index in [1.54, 1.807) is 6.07 Å². The molecule has 27 heavy (non-hydrogen) atoms. The first-order chi connectivity index (χ1) is 12.9. The van der Waals surface area contributed by atoms with Gasteiger partial charge in [0, 0.05) is 0 Å². The molecule has 1 fully saturated rings. The summed E-state index contributed by atoms with van der Waals surface area (Å²) in [6.45, 7) is 8.56. The van der Waals surface area contributed by atoms with Gasteiger partial charge >= 0.3 is 11.9 Å². The van der Waals surface area contributed by atoms with Gasteiger partial charge < -0.3 is 9.47 Å². The van der Waals surface area contributed by atoms with Gasteiger partial charge in [0.2, 0.25) is 0 Å². The molecule has 0 heterocycles. The zero-order valence-electron chi connectivity index (χ0n) is 17.3. The van der Waals surface area contributed by atoms with Gasteiger partial charge in [-0.2, -0.15) is 0 Å². The molecule has 150 valence electrons. The molecule has 0 bridgehead atoms. The molecule has 0 amide bonds. The van der Waals surface area contributed by atoms with Crippen LogP contribution < -0.4 is 0 Å². The van der Waals surface area contributed by atoms with E-state index in [2.05, 4.69) is 6.92 Å². The van der Waals surface area contributed by atoms with Crippen LogP contribution in [0.25, 0.3) is 0 Å². The summed E-state index contributed by atoms with van der Waals surface area (Å²) in [6.07, 6.45) is 5.77. The molecule has 2 rings (SSSR count). The van der Waals surface area contributed by atoms with E-state index < -0.39 is 11.5 Å². The number of carbonyl (C=O) groups is 2. The van der Waals surface area contributed by atoms with Crippen molar-refractivity contribution in [1.29, 1.82) is 0 Å². The second-order valence-corrected chi connectivity index (χ2v) is 8.26. The monoisotopic (exact) mass is 374 g/mol. The van der Waals surface area contributed by atoms with Crippen LogP contribution in [0, 0.1) is 18.3 Å². The molecule has 1 aromatic carbocycles. The number of carbonyl (C=O) groups excluding carboxylic acids is 2. The number of esters is 2. The lowest BCUT2D eigenvalue weighted by molar-refractivity contribution is -0.163. The van der Waals surface area contributed by atoms with Crippen LogP contribution in [0.15, 0.2) is 24.3 Å². The molecule has 1 saturated carbocycles. The predicted molar refractivity (Wildman–Crippen MR) is 107 cm³/mol. The Labute approximate surface area is 163 Å². The Morgan fingerprint density at radius 3 is 2.70 bits per heavy atom. The van der Waals surface area contributed by atoms with Gasteiger partial charge in [0.15, 0.2) is 0 Å². The quantitative estimate of drug-likeness (QED) is 0.425. The lowest BCUT2D eigenvalue weighted by Gasteiger charge is -2.33. The van der Waals surface area contributed by atoms with E-state index in [4.69, 9.17) is 9.47 Å². The van der Waals surface area contributed by atoms with Crippen LogP contribution in [0.5, 0.6) is 0 Å². The van der Waals surface area contributed by atoms with Crippen molar-refractivity contribution in [3.05, 3.63) is 35.4 Å². The van der Waals surface area contributed by atoms with Crippen LogP contribution in [0.4, 0.5) is 0 Å². The van der Waals surface area contributed by atoms with Crippen LogP contribution in [0.2, 0.25) is 0 Å². The topological polar surface area (TPSA) is 52.6 Å². The highest BCUT2D eigenvalue weighted by Gasteiger charge is 2.52. The van der Waals surface area contributed by atoms with Crippen molar-refractivity contribution in [3.8, 4) is 0 Å². The van der Waals surface area contributed by atoms with Gasteiger partial charge in [-0.3, -0.25) is 4.79 Å². The number of ether oxygens (including phenoxy) is 2. The van der Waals surface area contributed by atoms with Crippen LogP contribution in [-0.2, 0) is 14.3 Å². The fraction of sp³-hybridized carbons (Fsp3) is 0.652. The van der Waals surface area contributed by atoms with Crippen LogP contribution in [-0.4, -0.2) is 24.6 Å². The molecule has 2 atom stereocenters. The number of rotatable bonds is 9. The first kappa shape index (κ1) is 21.5. The molecule has 0 aromatic heterocycles. The van der Waals surface area contributed by atoms with Gasteiger partial charge in [-0.15, -0.1) is 0 Å². The molecule has 0 radical (unpaired) electrons. The fourth-order valence-corrected chi connectivity index (χ4v) is 3.88. The summed E-state index contributed by atoms with van der Waals surface area (Å²) in [4.78, 5) is 25.7. The highest BCUT2D eigenvalue weighted by atomic mass is 16.6. The van der Waals surface area contributed by atoms with Crippen molar-refractivity contribution in [2.24, 2.45) is 11.3 Å². The molecular weight excluding hydrogens is 340 g/mol. The average molecular weight is 375 g/mol. The van der Waals surface area contributed by atoms with E-state index in [-0.39, 0.29) is 17.9 Å². The highest BCUT2D eigenvalue weighted by Crippen LogP contribution is 2.46. The standard InChI is InChI=1S/C23H34O4/c1-5-6-7-13-23(22(25)26-16-17(2)3)14-9-12-20(23)27-21(24)19-11-8-10-18(4)15-19/h8,10-11,15,17,20H,5-7,9,12-14,16H2,1-4H3. The zero-order chi connectivity index (χ0) is 19.9. The smallest absolute Gasteiger partial charge is 0.338 e. The maximum Gasteiger partial charge on any atom is 0.338 e. The van der Waals surface area contributed by atoms with E-state index >= 15 is 0 Å². The summed E-state index contributed by atoms with van der Waals surface area (Å²) in [6, 6.07) is 7.39. The first-order valence-electron chi connectivity index (χ1n) is 10.3. The summed E-state index contributed by atoms with van der Waals surface area (Å²) in [5.74, 6) is -0.245. The van der Waals surface area contributed by atoms with Gasteiger partial charge in [-0.1, -0.05) is 57.7 Å². The van der Waals surface area contributed by atoms with E-state index in [1.807, 2.05) is 39.0 Å². The van der Waals surface area contributed by atoms with Crippen molar-refractivity contribution < 1.29 is 19.1 Å². The van der Waals surface area contributed by atoms with Crippen molar-refractivity contribution in [2.75, 3.05) is 6.61 Å². The molecule has 2 unspecified atom stereocenters. The minimum absolute atomic E-state index is 0.188. The number of aryl methyl sites for hydroxylation is 1. The molecule has 4 nitrogen and oxygen atoms in total. The molecule has 0 N–H and O–H groups in total. The Balaban J connectivity index is 2.17. The molecule has 4 heteroatoms. The second-order valence-electron chi connectivity index (χ2n) is 8.26. The molecule has 1 aliphatic rings. The minimum atomic E-state index is -0.691. The Morgan fingerprint density at radius 2 is 2.04 bits per heavy atom. The summed E-state index contributed by atoms with van der Waals surface area (Å²) in [5.41, 5.74) is 0.866. The van der Waals surface area contributed by atoms with Crippen LogP contribution in [0.1, 0.15) is 81.6 Å². The highest BCUT2D eigenvalue weighted by molar-refractivity contribution is 5.90. The minimum Gasteiger partial charge on any atom is -0.465 e. The summed E-state index contributed by atoms with van der Waals surface area (Å²) in [5, 5.41) is 0. The van der Waals surface area contributed by atoms with E-state index in [0.717, 1.165) is 50.5 Å². The van der Waals surface area contributed by atoms with Gasteiger partial charge in [-0.25, -0.2) is 4.79 Å². The lowest BCUT2D eigenvalue weighted by atomic mass is 9.79. The van der Waals surface area contributed by atoms with Crippen molar-refractivity contribution in [3.63, 3.8) is 0 Å². The third-order valence-electron chi connectivity index (χ3n) is 5.39. The van der Waals surface area contributed by atoms with Crippen molar-refractivity contribution >= 4 is 11.9 Å². The first-order valence-corrected chi connectivity index (χ1v) is 10.3. The second kappa shape index (κ2) is 9.91. The summed E-state index contributed by atoms with van der Waals surface area (Å²) in [7, 11) is 0. The fourth-order valence-electron chi connectivity index (χ4n) is 3.88. The molecule has 1 aromatic rings. The van der Waals surface area contributed by atoms with Crippen LogP contribution >= 0.6 is 0 Å². The van der Waals surface area contributed by atoms with E-state index in [9.17, 15) is 9.59 Å². The lowest BCUT2D eigenvalue weighted by Crippen LogP contribution is -2.42. The van der Waals surface area contributed by atoms with E-state index in [1.165, 1.54) is 0 Å². The predicted octanol–water partition coefficient (Wildman–Crippen LogP) is 5.47. The summed E-state index contributed by atoms with van der Waals surface area (Å²) < 4.78 is 11.5. The van der Waals surface area contributed by atoms with Gasteiger partial charge in [0.25, 0.3) is 0 Å². The third kappa shape index (κ3) is 5.57. The molecule has 0 aliphatic heterocycles. The third-order valence-corrected chi connectivity index (χ3v) is 5.39. The number of hydrogen-bond donors (Lipinski definition) is 0. The number of unbranched alkanes of at least 4 members (excludes halogenated alkanes) is 2. The van der Waals surface area contributed by atoms with Crippen molar-refractivity contribution in [2.45, 2.75) is 78.7 Å². The molecule has 0 saturated heterocycles. The van der Waals surface area contributed by atoms with Gasteiger partial charge in [0.1, 0.15) is 11.5 Å². The average Bonchev–Trinajstić information content (AvgIpc) is 3.03. The summed E-state index contributed by atoms with van der Waals surface area (Å²) >= 11 is 0. The largest absolute Gasteiger partial charge is 0.465 e. The Bertz CT molecular complexity index is 637. The number of hydrogen-bond acceptors (Lipinski definition) is 4. The Morgan fingerprint density at radius 1 is 1.26 bits per heavy atom. The zero-order valence-corrected chi connectivity index (χ0v) is 17.3. The normalized spacial score (nSPS) is 22.0.